The van der Waals surface area contributed by atoms with Gasteiger partial charge in [0, 0.05) is 19.0 Å². The zero-order valence-corrected chi connectivity index (χ0v) is 15.2. The van der Waals surface area contributed by atoms with Gasteiger partial charge in [0.1, 0.15) is 0 Å². The number of rotatable bonds is 8. The third-order valence-electron chi connectivity index (χ3n) is 4.50. The van der Waals surface area contributed by atoms with E-state index in [1.165, 1.54) is 5.56 Å². The van der Waals surface area contributed by atoms with Crippen LogP contribution in [0.2, 0.25) is 0 Å². The first-order chi connectivity index (χ1) is 11.8. The number of benzene rings is 1. The molecule has 0 unspecified atom stereocenters. The van der Waals surface area contributed by atoms with Crippen LogP contribution in [-0.2, 0) is 15.0 Å². The van der Waals surface area contributed by atoms with Gasteiger partial charge in [-0.2, -0.15) is 0 Å². The first-order valence-corrected chi connectivity index (χ1v) is 8.72. The van der Waals surface area contributed by atoms with E-state index in [0.29, 0.717) is 12.8 Å². The van der Waals surface area contributed by atoms with E-state index >= 15 is 0 Å². The summed E-state index contributed by atoms with van der Waals surface area (Å²) < 4.78 is 0. The molecule has 0 saturated carbocycles. The van der Waals surface area contributed by atoms with Gasteiger partial charge in [-0.25, -0.2) is 4.79 Å². The molecule has 1 atom stereocenters. The van der Waals surface area contributed by atoms with Gasteiger partial charge >= 0.3 is 6.03 Å². The van der Waals surface area contributed by atoms with Crippen LogP contribution in [0.5, 0.6) is 0 Å². The average molecular weight is 345 g/mol. The molecule has 0 aliphatic carbocycles. The summed E-state index contributed by atoms with van der Waals surface area (Å²) in [7, 11) is 0. The van der Waals surface area contributed by atoms with Crippen LogP contribution < -0.4 is 10.6 Å². The Balaban J connectivity index is 1.74. The number of nitrogens with one attached hydrogen (secondary N) is 2. The summed E-state index contributed by atoms with van der Waals surface area (Å²) in [5.41, 5.74) is 1.21. The topological polar surface area (TPSA) is 78.5 Å². The van der Waals surface area contributed by atoms with Gasteiger partial charge in [0.05, 0.1) is 6.54 Å². The smallest absolute Gasteiger partial charge is 0.324 e. The lowest BCUT2D eigenvalue weighted by Crippen LogP contribution is -2.38. The van der Waals surface area contributed by atoms with Crippen molar-refractivity contribution < 1.29 is 14.4 Å². The molecule has 1 aliphatic rings. The normalized spacial score (nSPS) is 15.9. The molecule has 1 fully saturated rings. The number of nitrogens with zero attached hydrogens (tertiary/aromatic N) is 1. The first-order valence-electron chi connectivity index (χ1n) is 8.72. The summed E-state index contributed by atoms with van der Waals surface area (Å²) in [6.45, 7) is 6.67. The number of hydrogen-bond acceptors (Lipinski definition) is 3. The van der Waals surface area contributed by atoms with Gasteiger partial charge in [-0.1, -0.05) is 44.2 Å². The molecule has 1 aliphatic heterocycles. The number of carbonyl (C=O) groups excluding carboxylic acids is 3. The molecule has 0 aromatic heterocycles. The largest absolute Gasteiger partial charge is 0.354 e. The molecule has 25 heavy (non-hydrogen) atoms. The average Bonchev–Trinajstić information content (AvgIpc) is 2.87. The molecule has 1 heterocycles. The SMILES string of the molecule is C[C@H](CC(C)(C)c1ccccc1)NC(=O)CCCN1C(=O)CNC1=O. The van der Waals surface area contributed by atoms with Crippen molar-refractivity contribution in [1.82, 2.24) is 15.5 Å². The van der Waals surface area contributed by atoms with E-state index in [0.717, 1.165) is 11.3 Å². The Morgan fingerprint density at radius 1 is 1.28 bits per heavy atom. The maximum atomic E-state index is 12.1. The quantitative estimate of drug-likeness (QED) is 0.709. The summed E-state index contributed by atoms with van der Waals surface area (Å²) in [5.74, 6) is -0.285. The van der Waals surface area contributed by atoms with Crippen LogP contribution in [0.25, 0.3) is 0 Å². The van der Waals surface area contributed by atoms with Crippen molar-refractivity contribution in [2.24, 2.45) is 0 Å². The molecular weight excluding hydrogens is 318 g/mol. The summed E-state index contributed by atoms with van der Waals surface area (Å²) >= 11 is 0. The van der Waals surface area contributed by atoms with Gasteiger partial charge in [-0.15, -0.1) is 0 Å². The Morgan fingerprint density at radius 3 is 2.56 bits per heavy atom. The molecule has 0 spiro atoms. The van der Waals surface area contributed by atoms with Gasteiger partial charge in [-0.3, -0.25) is 14.5 Å². The van der Waals surface area contributed by atoms with Crippen LogP contribution in [0, 0.1) is 0 Å². The van der Waals surface area contributed by atoms with Gasteiger partial charge in [0.15, 0.2) is 0 Å². The molecule has 4 amide bonds. The number of amides is 4. The van der Waals surface area contributed by atoms with Gasteiger partial charge in [0.25, 0.3) is 0 Å². The van der Waals surface area contributed by atoms with Crippen molar-refractivity contribution in [3.05, 3.63) is 35.9 Å². The molecule has 2 N–H and O–H groups in total. The molecule has 6 heteroatoms. The van der Waals surface area contributed by atoms with Crippen LogP contribution >= 0.6 is 0 Å². The van der Waals surface area contributed by atoms with Crippen molar-refractivity contribution in [3.63, 3.8) is 0 Å². The first kappa shape index (κ1) is 19.0. The summed E-state index contributed by atoms with van der Waals surface area (Å²) in [4.78, 5) is 36.2. The highest BCUT2D eigenvalue weighted by molar-refractivity contribution is 6.01. The van der Waals surface area contributed by atoms with E-state index < -0.39 is 0 Å². The third kappa shape index (κ3) is 5.31. The maximum absolute atomic E-state index is 12.1. The van der Waals surface area contributed by atoms with Gasteiger partial charge < -0.3 is 10.6 Å². The molecular formula is C19H27N3O3. The van der Waals surface area contributed by atoms with Crippen molar-refractivity contribution in [3.8, 4) is 0 Å². The van der Waals surface area contributed by atoms with Crippen molar-refractivity contribution >= 4 is 17.8 Å². The minimum absolute atomic E-state index is 0.0337. The Bertz CT molecular complexity index is 612. The second-order valence-corrected chi connectivity index (χ2v) is 7.23. The van der Waals surface area contributed by atoms with Crippen LogP contribution in [-0.4, -0.2) is 41.9 Å². The van der Waals surface area contributed by atoms with Crippen molar-refractivity contribution in [1.29, 1.82) is 0 Å². The Kier molecular flexibility index (Phi) is 6.17. The van der Waals surface area contributed by atoms with Gasteiger partial charge in [-0.05, 0) is 30.7 Å². The second-order valence-electron chi connectivity index (χ2n) is 7.23. The fourth-order valence-corrected chi connectivity index (χ4v) is 3.25. The molecule has 0 radical (unpaired) electrons. The molecule has 0 bridgehead atoms. The van der Waals surface area contributed by atoms with E-state index in [2.05, 4.69) is 36.6 Å². The molecule has 1 aromatic carbocycles. The summed E-state index contributed by atoms with van der Waals surface area (Å²) in [6, 6.07) is 9.92. The zero-order chi connectivity index (χ0) is 18.4. The highest BCUT2D eigenvalue weighted by atomic mass is 16.2. The Labute approximate surface area is 149 Å². The minimum Gasteiger partial charge on any atom is -0.354 e. The molecule has 6 nitrogen and oxygen atoms in total. The van der Waals surface area contributed by atoms with E-state index in [1.54, 1.807) is 0 Å². The highest BCUT2D eigenvalue weighted by Gasteiger charge is 2.28. The summed E-state index contributed by atoms with van der Waals surface area (Å²) in [5, 5.41) is 5.48. The molecule has 136 valence electrons. The van der Waals surface area contributed by atoms with Crippen LogP contribution in [0.4, 0.5) is 4.79 Å². The van der Waals surface area contributed by atoms with E-state index in [-0.39, 0.29) is 42.4 Å². The lowest BCUT2D eigenvalue weighted by molar-refractivity contribution is -0.126. The van der Waals surface area contributed by atoms with Gasteiger partial charge in [0.2, 0.25) is 11.8 Å². The second kappa shape index (κ2) is 8.14. The Morgan fingerprint density at radius 2 is 1.96 bits per heavy atom. The van der Waals surface area contributed by atoms with Crippen molar-refractivity contribution in [2.45, 2.75) is 51.5 Å². The van der Waals surface area contributed by atoms with Crippen LogP contribution in [0.15, 0.2) is 30.3 Å². The monoisotopic (exact) mass is 345 g/mol. The number of hydrogen-bond donors (Lipinski definition) is 2. The number of imide groups is 1. The van der Waals surface area contributed by atoms with Crippen LogP contribution in [0.3, 0.4) is 0 Å². The highest BCUT2D eigenvalue weighted by Crippen LogP contribution is 2.28. The molecule has 1 aromatic rings. The lowest BCUT2D eigenvalue weighted by atomic mass is 9.79. The van der Waals surface area contributed by atoms with E-state index in [9.17, 15) is 14.4 Å². The van der Waals surface area contributed by atoms with E-state index in [1.807, 2.05) is 25.1 Å². The molecule has 2 rings (SSSR count). The predicted octanol–water partition coefficient (Wildman–Crippen LogP) is 2.19. The lowest BCUT2D eigenvalue weighted by Gasteiger charge is -2.29. The third-order valence-corrected chi connectivity index (χ3v) is 4.50. The van der Waals surface area contributed by atoms with Crippen molar-refractivity contribution in [2.75, 3.05) is 13.1 Å². The predicted molar refractivity (Wildman–Crippen MR) is 96.0 cm³/mol. The fourth-order valence-electron chi connectivity index (χ4n) is 3.25. The van der Waals surface area contributed by atoms with Crippen LogP contribution in [0.1, 0.15) is 45.6 Å². The maximum Gasteiger partial charge on any atom is 0.324 e. The van der Waals surface area contributed by atoms with E-state index in [4.69, 9.17) is 0 Å². The fraction of sp³-hybridized carbons (Fsp3) is 0.526. The minimum atomic E-state index is -0.372. The Hall–Kier alpha value is -2.37. The number of carbonyl (C=O) groups is 3. The standard InChI is InChI=1S/C19H27N3O3/c1-14(12-19(2,3)15-8-5-4-6-9-15)21-16(23)10-7-11-22-17(24)13-20-18(22)25/h4-6,8-9,14H,7,10-13H2,1-3H3,(H,20,25)(H,21,23)/t14-/m1/s1. The summed E-state index contributed by atoms with van der Waals surface area (Å²) in [6.07, 6.45) is 1.60. The zero-order valence-electron chi connectivity index (χ0n) is 15.2. The molecule has 1 saturated heterocycles. The number of urea groups is 1.